The zero-order valence-electron chi connectivity index (χ0n) is 20.2. The van der Waals surface area contributed by atoms with Gasteiger partial charge in [-0.15, -0.1) is 0 Å². The predicted octanol–water partition coefficient (Wildman–Crippen LogP) is 4.30. The molecule has 8 heteroatoms. The number of fused-ring (bicyclic) bond motifs is 1. The lowest BCUT2D eigenvalue weighted by atomic mass is 9.96. The third-order valence-electron chi connectivity index (χ3n) is 6.02. The number of carbonyl (C=O) groups is 1. The zero-order chi connectivity index (χ0) is 25.1. The Labute approximate surface area is 213 Å². The zero-order valence-corrected chi connectivity index (χ0v) is 21.8. The van der Waals surface area contributed by atoms with Crippen molar-refractivity contribution in [2.24, 2.45) is 4.99 Å². The van der Waals surface area contributed by atoms with E-state index in [1.54, 1.807) is 30.5 Å². The lowest BCUT2D eigenvalue weighted by Gasteiger charge is -2.24. The van der Waals surface area contributed by atoms with E-state index in [0.717, 1.165) is 29.9 Å². The van der Waals surface area contributed by atoms with E-state index in [1.807, 2.05) is 30.3 Å². The molecule has 6 nitrogen and oxygen atoms in total. The molecule has 4 rings (SSSR count). The van der Waals surface area contributed by atoms with Crippen LogP contribution in [0.2, 0.25) is 5.02 Å². The molecule has 0 fully saturated rings. The second-order valence-corrected chi connectivity index (χ2v) is 9.56. The second kappa shape index (κ2) is 10.6. The molecule has 3 aromatic rings. The Bertz CT molecular complexity index is 1430. The number of halogens is 1. The predicted molar refractivity (Wildman–Crippen MR) is 142 cm³/mol. The molecule has 0 saturated heterocycles. The average Bonchev–Trinajstić information content (AvgIpc) is 3.15. The Balaban J connectivity index is 1.85. The monoisotopic (exact) mass is 509 g/mol. The number of aromatic nitrogens is 1. The summed E-state index contributed by atoms with van der Waals surface area (Å²) in [4.78, 5) is 34.0. The molecule has 1 aliphatic rings. The molecule has 0 aliphatic carbocycles. The normalized spacial score (nSPS) is 15.6. The van der Waals surface area contributed by atoms with Gasteiger partial charge in [0.15, 0.2) is 4.80 Å². The summed E-state index contributed by atoms with van der Waals surface area (Å²) in [6.07, 6.45) is 1.87. The van der Waals surface area contributed by atoms with Gasteiger partial charge in [0.1, 0.15) is 0 Å². The van der Waals surface area contributed by atoms with Gasteiger partial charge in [-0.1, -0.05) is 47.2 Å². The summed E-state index contributed by atoms with van der Waals surface area (Å²) >= 11 is 7.42. The highest BCUT2D eigenvalue weighted by Gasteiger charge is 2.33. The molecule has 1 aliphatic heterocycles. The van der Waals surface area contributed by atoms with Crippen LogP contribution in [-0.2, 0) is 9.53 Å². The summed E-state index contributed by atoms with van der Waals surface area (Å²) in [5.41, 5.74) is 3.54. The summed E-state index contributed by atoms with van der Waals surface area (Å²) in [6.45, 7) is 9.88. The average molecular weight is 510 g/mol. The summed E-state index contributed by atoms with van der Waals surface area (Å²) in [7, 11) is 0. The van der Waals surface area contributed by atoms with Crippen molar-refractivity contribution in [3.8, 4) is 0 Å². The van der Waals surface area contributed by atoms with E-state index in [4.69, 9.17) is 16.3 Å². The molecule has 0 radical (unpaired) electrons. The molecule has 2 aromatic carbocycles. The van der Waals surface area contributed by atoms with Crippen LogP contribution in [0.15, 0.2) is 69.6 Å². The van der Waals surface area contributed by atoms with Crippen LogP contribution in [0, 0.1) is 0 Å². The molecule has 0 unspecified atom stereocenters. The van der Waals surface area contributed by atoms with Crippen LogP contribution in [0.25, 0.3) is 6.08 Å². The van der Waals surface area contributed by atoms with Crippen LogP contribution < -0.4 is 19.8 Å². The third kappa shape index (κ3) is 4.97. The first kappa shape index (κ1) is 24.9. The van der Waals surface area contributed by atoms with Crippen molar-refractivity contribution >= 4 is 40.7 Å². The number of hydrogen-bond acceptors (Lipinski definition) is 6. The maximum Gasteiger partial charge on any atom is 0.338 e. The molecule has 2 heterocycles. The minimum absolute atomic E-state index is 0.198. The molecule has 0 N–H and O–H groups in total. The van der Waals surface area contributed by atoms with E-state index in [0.29, 0.717) is 25.6 Å². The van der Waals surface area contributed by atoms with E-state index >= 15 is 0 Å². The maximum atomic E-state index is 13.6. The van der Waals surface area contributed by atoms with E-state index < -0.39 is 12.0 Å². The van der Waals surface area contributed by atoms with Gasteiger partial charge in [0.05, 0.1) is 28.5 Å². The number of nitrogens with zero attached hydrogens (tertiary/aromatic N) is 3. The van der Waals surface area contributed by atoms with Crippen molar-refractivity contribution in [1.29, 1.82) is 0 Å². The number of esters is 1. The number of rotatable bonds is 7. The molecule has 0 spiro atoms. The van der Waals surface area contributed by atoms with Gasteiger partial charge in [-0.2, -0.15) is 0 Å². The molecule has 0 bridgehead atoms. The summed E-state index contributed by atoms with van der Waals surface area (Å²) < 4.78 is 7.47. The van der Waals surface area contributed by atoms with E-state index in [-0.39, 0.29) is 12.2 Å². The summed E-state index contributed by atoms with van der Waals surface area (Å²) in [6, 6.07) is 14.7. The number of carbonyl (C=O) groups excluding carboxylic acids is 1. The lowest BCUT2D eigenvalue weighted by molar-refractivity contribution is -0.139. The van der Waals surface area contributed by atoms with Gasteiger partial charge in [0, 0.05) is 23.8 Å². The van der Waals surface area contributed by atoms with Crippen molar-refractivity contribution in [2.75, 3.05) is 24.6 Å². The Morgan fingerprint density at radius 2 is 1.77 bits per heavy atom. The first-order valence-corrected chi connectivity index (χ1v) is 12.9. The number of hydrogen-bond donors (Lipinski definition) is 0. The molecular weight excluding hydrogens is 482 g/mol. The van der Waals surface area contributed by atoms with Crippen molar-refractivity contribution in [1.82, 2.24) is 4.57 Å². The van der Waals surface area contributed by atoms with Crippen LogP contribution in [0.4, 0.5) is 5.69 Å². The van der Waals surface area contributed by atoms with Crippen LogP contribution >= 0.6 is 22.9 Å². The number of allylic oxidation sites excluding steroid dienone is 1. The van der Waals surface area contributed by atoms with Gasteiger partial charge in [0.2, 0.25) is 0 Å². The fourth-order valence-electron chi connectivity index (χ4n) is 4.27. The summed E-state index contributed by atoms with van der Waals surface area (Å²) in [5.74, 6) is -0.477. The minimum Gasteiger partial charge on any atom is -0.463 e. The first-order chi connectivity index (χ1) is 16.9. The molecular formula is C27H28ClN3O3S. The van der Waals surface area contributed by atoms with E-state index in [2.05, 4.69) is 35.9 Å². The lowest BCUT2D eigenvalue weighted by Crippen LogP contribution is -2.39. The molecule has 35 heavy (non-hydrogen) atoms. The molecule has 1 aromatic heterocycles. The molecule has 0 amide bonds. The maximum absolute atomic E-state index is 13.6. The van der Waals surface area contributed by atoms with Gasteiger partial charge in [-0.05, 0) is 69.2 Å². The fraction of sp³-hybridized carbons (Fsp3) is 0.296. The number of thiazole rings is 1. The Kier molecular flexibility index (Phi) is 7.57. The molecule has 1 atom stereocenters. The van der Waals surface area contributed by atoms with Crippen LogP contribution in [0.5, 0.6) is 0 Å². The highest BCUT2D eigenvalue weighted by molar-refractivity contribution is 7.07. The van der Waals surface area contributed by atoms with E-state index in [9.17, 15) is 9.59 Å². The van der Waals surface area contributed by atoms with Gasteiger partial charge in [-0.3, -0.25) is 9.36 Å². The summed E-state index contributed by atoms with van der Waals surface area (Å²) in [5, 5.41) is 0.577. The number of anilines is 1. The smallest absolute Gasteiger partial charge is 0.338 e. The van der Waals surface area contributed by atoms with Crippen molar-refractivity contribution in [2.45, 2.75) is 33.7 Å². The Morgan fingerprint density at radius 1 is 1.11 bits per heavy atom. The van der Waals surface area contributed by atoms with Gasteiger partial charge in [0.25, 0.3) is 5.56 Å². The highest BCUT2D eigenvalue weighted by Crippen LogP contribution is 2.31. The fourth-order valence-corrected chi connectivity index (χ4v) is 5.45. The number of ether oxygens (including phenoxy) is 1. The largest absolute Gasteiger partial charge is 0.463 e. The topological polar surface area (TPSA) is 63.9 Å². The first-order valence-electron chi connectivity index (χ1n) is 11.7. The highest BCUT2D eigenvalue weighted by atomic mass is 35.5. The van der Waals surface area contributed by atoms with Crippen LogP contribution in [-0.4, -0.2) is 30.2 Å². The standard InChI is InChI=1S/C27H28ClN3O3S/c1-5-30(6-2)21-14-8-18(9-15-21)16-22-25(32)31-24(19-10-12-20(28)13-11-19)23(26(33)34-7-3)17(4)29-27(31)35-22/h8-16,24H,5-7H2,1-4H3/b22-16-/t24-/m1/s1. The van der Waals surface area contributed by atoms with Gasteiger partial charge in [-0.25, -0.2) is 9.79 Å². The molecule has 182 valence electrons. The quantitative estimate of drug-likeness (QED) is 0.445. The Morgan fingerprint density at radius 3 is 2.37 bits per heavy atom. The Hall–Kier alpha value is -3.16. The minimum atomic E-state index is -0.644. The van der Waals surface area contributed by atoms with Gasteiger partial charge < -0.3 is 9.64 Å². The van der Waals surface area contributed by atoms with Gasteiger partial charge >= 0.3 is 5.97 Å². The van der Waals surface area contributed by atoms with E-state index in [1.165, 1.54) is 11.3 Å². The van der Waals surface area contributed by atoms with Crippen LogP contribution in [0.3, 0.4) is 0 Å². The van der Waals surface area contributed by atoms with Crippen molar-refractivity contribution in [3.63, 3.8) is 0 Å². The van der Waals surface area contributed by atoms with Crippen LogP contribution in [0.1, 0.15) is 44.9 Å². The molecule has 0 saturated carbocycles. The SMILES string of the molecule is CCOC(=O)C1=C(C)N=c2s/c(=C\c3ccc(N(CC)CC)cc3)c(=O)n2[C@@H]1c1ccc(Cl)cc1. The van der Waals surface area contributed by atoms with Crippen molar-refractivity contribution in [3.05, 3.63) is 95.6 Å². The number of benzene rings is 2. The van der Waals surface area contributed by atoms with Crippen molar-refractivity contribution < 1.29 is 9.53 Å². The third-order valence-corrected chi connectivity index (χ3v) is 7.26. The second-order valence-electron chi connectivity index (χ2n) is 8.12.